The van der Waals surface area contributed by atoms with Gasteiger partial charge in [0, 0.05) is 12.2 Å². The number of rotatable bonds is 6. The Bertz CT molecular complexity index is 742. The molecule has 1 heterocycles. The zero-order chi connectivity index (χ0) is 18.6. The topological polar surface area (TPSA) is 56.1 Å². The fraction of sp³-hybridized carbons (Fsp3) is 0.524. The highest BCUT2D eigenvalue weighted by atomic mass is 16.5. The Hall–Kier alpha value is -2.30. The maximum absolute atomic E-state index is 12.0. The van der Waals surface area contributed by atoms with E-state index in [-0.39, 0.29) is 17.9 Å². The lowest BCUT2D eigenvalue weighted by Crippen LogP contribution is -2.32. The third kappa shape index (κ3) is 4.65. The van der Waals surface area contributed by atoms with Crippen molar-refractivity contribution in [2.24, 2.45) is 0 Å². The summed E-state index contributed by atoms with van der Waals surface area (Å²) in [6.45, 7) is 7.83. The second-order valence-corrected chi connectivity index (χ2v) is 7.96. The van der Waals surface area contributed by atoms with Gasteiger partial charge in [-0.15, -0.1) is 0 Å². The van der Waals surface area contributed by atoms with E-state index in [1.54, 1.807) is 0 Å². The molecule has 5 nitrogen and oxygen atoms in total. The van der Waals surface area contributed by atoms with Crippen LogP contribution in [0.15, 0.2) is 30.5 Å². The lowest BCUT2D eigenvalue weighted by molar-refractivity contribution is -0.123. The Labute approximate surface area is 155 Å². The molecule has 0 spiro atoms. The van der Waals surface area contributed by atoms with E-state index in [0.717, 1.165) is 12.8 Å². The average Bonchev–Trinajstić information content (AvgIpc) is 3.03. The molecule has 3 rings (SSSR count). The van der Waals surface area contributed by atoms with E-state index in [4.69, 9.17) is 4.74 Å². The van der Waals surface area contributed by atoms with E-state index in [2.05, 4.69) is 31.2 Å². The van der Waals surface area contributed by atoms with Crippen LogP contribution >= 0.6 is 0 Å². The molecule has 140 valence electrons. The summed E-state index contributed by atoms with van der Waals surface area (Å²) in [4.78, 5) is 12.0. The number of nitrogens with zero attached hydrogens (tertiary/aromatic N) is 2. The smallest absolute Gasteiger partial charge is 0.258 e. The summed E-state index contributed by atoms with van der Waals surface area (Å²) in [5.41, 5.74) is 4.06. The number of hydrogen-bond donors (Lipinski definition) is 1. The van der Waals surface area contributed by atoms with Crippen LogP contribution in [0.25, 0.3) is 0 Å². The number of benzene rings is 1. The number of carbonyl (C=O) groups excluding carboxylic acids is 1. The van der Waals surface area contributed by atoms with Gasteiger partial charge in [-0.25, -0.2) is 0 Å². The Morgan fingerprint density at radius 3 is 2.65 bits per heavy atom. The Kier molecular flexibility index (Phi) is 5.64. The lowest BCUT2D eigenvalue weighted by atomic mass is 9.87. The van der Waals surface area contributed by atoms with Crippen LogP contribution in [0.2, 0.25) is 0 Å². The van der Waals surface area contributed by atoms with Crippen molar-refractivity contribution in [1.29, 1.82) is 0 Å². The minimum absolute atomic E-state index is 0.0338. The molecule has 1 N–H and O–H groups in total. The predicted molar refractivity (Wildman–Crippen MR) is 103 cm³/mol. The lowest BCUT2D eigenvalue weighted by Gasteiger charge is -2.19. The van der Waals surface area contributed by atoms with Gasteiger partial charge >= 0.3 is 0 Å². The van der Waals surface area contributed by atoms with E-state index in [1.807, 2.05) is 35.1 Å². The van der Waals surface area contributed by atoms with E-state index in [0.29, 0.717) is 18.8 Å². The third-order valence-corrected chi connectivity index (χ3v) is 4.88. The molecule has 1 aliphatic rings. The first-order valence-corrected chi connectivity index (χ1v) is 9.47. The molecule has 0 atom stereocenters. The molecule has 0 saturated heterocycles. The van der Waals surface area contributed by atoms with Crippen molar-refractivity contribution in [1.82, 2.24) is 15.1 Å². The highest BCUT2D eigenvalue weighted by molar-refractivity contribution is 5.77. The van der Waals surface area contributed by atoms with Gasteiger partial charge in [0.15, 0.2) is 6.61 Å². The number of nitrogens with one attached hydrogen (secondary N) is 1. The maximum Gasteiger partial charge on any atom is 0.258 e. The van der Waals surface area contributed by atoms with Gasteiger partial charge in [0.2, 0.25) is 0 Å². The molecule has 1 aromatic heterocycles. The normalized spacial score (nSPS) is 14.0. The first-order valence-electron chi connectivity index (χ1n) is 9.47. The third-order valence-electron chi connectivity index (χ3n) is 4.88. The molecular weight excluding hydrogens is 326 g/mol. The van der Waals surface area contributed by atoms with Crippen molar-refractivity contribution in [3.63, 3.8) is 0 Å². The minimum Gasteiger partial charge on any atom is -0.484 e. The quantitative estimate of drug-likeness (QED) is 0.865. The Morgan fingerprint density at radius 2 is 1.92 bits per heavy atom. The number of fused-ring (bicyclic) bond motifs is 1. The van der Waals surface area contributed by atoms with Crippen molar-refractivity contribution in [3.05, 3.63) is 47.3 Å². The second kappa shape index (κ2) is 7.94. The number of carbonyl (C=O) groups is 1. The van der Waals surface area contributed by atoms with Gasteiger partial charge in [-0.2, -0.15) is 5.10 Å². The van der Waals surface area contributed by atoms with Crippen LogP contribution in [0, 0.1) is 0 Å². The van der Waals surface area contributed by atoms with Gasteiger partial charge in [-0.3, -0.25) is 9.48 Å². The SMILES string of the molecule is CC(C)(C)c1ccc(OCC(=O)NCCn2ncc3c2CCCC3)cc1. The van der Waals surface area contributed by atoms with Crippen LogP contribution in [0.1, 0.15) is 50.4 Å². The van der Waals surface area contributed by atoms with Crippen molar-refractivity contribution < 1.29 is 9.53 Å². The number of aryl methyl sites for hydroxylation is 1. The van der Waals surface area contributed by atoms with Crippen molar-refractivity contribution >= 4 is 5.91 Å². The predicted octanol–water partition coefficient (Wildman–Crippen LogP) is 3.25. The van der Waals surface area contributed by atoms with Crippen LogP contribution < -0.4 is 10.1 Å². The van der Waals surface area contributed by atoms with Gasteiger partial charge < -0.3 is 10.1 Å². The highest BCUT2D eigenvalue weighted by Gasteiger charge is 2.15. The minimum atomic E-state index is -0.106. The maximum atomic E-state index is 12.0. The van der Waals surface area contributed by atoms with Crippen molar-refractivity contribution in [3.8, 4) is 5.75 Å². The zero-order valence-electron chi connectivity index (χ0n) is 16.0. The molecule has 1 aromatic carbocycles. The molecule has 2 aromatic rings. The monoisotopic (exact) mass is 355 g/mol. The summed E-state index contributed by atoms with van der Waals surface area (Å²) in [5.74, 6) is 0.611. The summed E-state index contributed by atoms with van der Waals surface area (Å²) in [6, 6.07) is 7.94. The van der Waals surface area contributed by atoms with Gasteiger partial charge in [-0.1, -0.05) is 32.9 Å². The molecule has 26 heavy (non-hydrogen) atoms. The van der Waals surface area contributed by atoms with Crippen LogP contribution in [0.4, 0.5) is 0 Å². The Morgan fingerprint density at radius 1 is 1.19 bits per heavy atom. The Balaban J connectivity index is 1.41. The summed E-state index contributed by atoms with van der Waals surface area (Å²) in [5, 5.41) is 7.36. The fourth-order valence-corrected chi connectivity index (χ4v) is 3.30. The first kappa shape index (κ1) is 18.5. The van der Waals surface area contributed by atoms with Crippen LogP contribution in [-0.4, -0.2) is 28.8 Å². The summed E-state index contributed by atoms with van der Waals surface area (Å²) < 4.78 is 7.61. The van der Waals surface area contributed by atoms with Crippen molar-refractivity contribution in [2.45, 2.75) is 58.4 Å². The van der Waals surface area contributed by atoms with E-state index < -0.39 is 0 Å². The fourth-order valence-electron chi connectivity index (χ4n) is 3.30. The van der Waals surface area contributed by atoms with Gasteiger partial charge in [0.1, 0.15) is 5.75 Å². The van der Waals surface area contributed by atoms with E-state index in [9.17, 15) is 4.79 Å². The molecule has 0 saturated carbocycles. The largest absolute Gasteiger partial charge is 0.484 e. The van der Waals surface area contributed by atoms with Crippen LogP contribution in [0.3, 0.4) is 0 Å². The molecular formula is C21H29N3O2. The molecule has 1 aliphatic carbocycles. The summed E-state index contributed by atoms with van der Waals surface area (Å²) >= 11 is 0. The molecule has 0 aliphatic heterocycles. The molecule has 1 amide bonds. The number of aromatic nitrogens is 2. The van der Waals surface area contributed by atoms with E-state index >= 15 is 0 Å². The molecule has 0 unspecified atom stereocenters. The zero-order valence-corrected chi connectivity index (χ0v) is 16.0. The number of amides is 1. The first-order chi connectivity index (χ1) is 12.4. The molecule has 0 radical (unpaired) electrons. The van der Waals surface area contributed by atoms with Crippen LogP contribution in [-0.2, 0) is 29.6 Å². The highest BCUT2D eigenvalue weighted by Crippen LogP contribution is 2.24. The van der Waals surface area contributed by atoms with Gasteiger partial charge in [-0.05, 0) is 54.4 Å². The average molecular weight is 355 g/mol. The van der Waals surface area contributed by atoms with Crippen molar-refractivity contribution in [2.75, 3.05) is 13.2 Å². The summed E-state index contributed by atoms with van der Waals surface area (Å²) in [6.07, 6.45) is 6.68. The summed E-state index contributed by atoms with van der Waals surface area (Å²) in [7, 11) is 0. The van der Waals surface area contributed by atoms with Crippen LogP contribution in [0.5, 0.6) is 5.75 Å². The molecule has 5 heteroatoms. The number of hydrogen-bond acceptors (Lipinski definition) is 3. The molecule has 0 fully saturated rings. The standard InChI is InChI=1S/C21H29N3O2/c1-21(2,3)17-8-10-18(11-9-17)26-15-20(25)22-12-13-24-19-7-5-4-6-16(19)14-23-24/h8-11,14H,4-7,12-13,15H2,1-3H3,(H,22,25). The van der Waals surface area contributed by atoms with Gasteiger partial charge in [0.05, 0.1) is 12.7 Å². The van der Waals surface area contributed by atoms with Gasteiger partial charge in [0.25, 0.3) is 5.91 Å². The van der Waals surface area contributed by atoms with E-state index in [1.165, 1.54) is 29.7 Å². The second-order valence-electron chi connectivity index (χ2n) is 7.96. The number of ether oxygens (including phenoxy) is 1. The molecule has 0 bridgehead atoms.